The number of rotatable bonds is 4. The Hall–Kier alpha value is -3.49. The lowest BCUT2D eigenvalue weighted by Crippen LogP contribution is -2.41. The Morgan fingerprint density at radius 1 is 1.07 bits per heavy atom. The lowest BCUT2D eigenvalue weighted by atomic mass is 10.2. The predicted octanol–water partition coefficient (Wildman–Crippen LogP) is 2.26. The Kier molecular flexibility index (Phi) is 5.64. The molecule has 0 spiro atoms. The number of benzene rings is 1. The number of anilines is 1. The highest BCUT2D eigenvalue weighted by atomic mass is 16.5. The highest BCUT2D eigenvalue weighted by Crippen LogP contribution is 2.21. The first-order valence-electron chi connectivity index (χ1n) is 9.64. The summed E-state index contributed by atoms with van der Waals surface area (Å²) in [7, 11) is 0. The number of aryl methyl sites for hydroxylation is 1. The minimum absolute atomic E-state index is 0.132. The summed E-state index contributed by atoms with van der Waals surface area (Å²) in [6, 6.07) is 9.93. The van der Waals surface area contributed by atoms with E-state index in [0.29, 0.717) is 30.6 Å². The molecule has 4 rings (SSSR count). The van der Waals surface area contributed by atoms with Gasteiger partial charge < -0.3 is 19.6 Å². The van der Waals surface area contributed by atoms with E-state index in [1.807, 2.05) is 11.0 Å². The van der Waals surface area contributed by atoms with Crippen LogP contribution in [0.4, 0.5) is 10.5 Å². The predicted molar refractivity (Wildman–Crippen MR) is 107 cm³/mol. The van der Waals surface area contributed by atoms with Gasteiger partial charge in [-0.25, -0.2) is 14.8 Å². The molecular weight excluding hydrogens is 370 g/mol. The molecule has 29 heavy (non-hydrogen) atoms. The second-order valence-corrected chi connectivity index (χ2v) is 6.86. The maximum Gasteiger partial charge on any atom is 0.317 e. The summed E-state index contributed by atoms with van der Waals surface area (Å²) in [5.41, 5.74) is 2.48. The summed E-state index contributed by atoms with van der Waals surface area (Å²) in [5, 5.41) is 6.72. The summed E-state index contributed by atoms with van der Waals surface area (Å²) >= 11 is 0. The van der Waals surface area contributed by atoms with Crippen molar-refractivity contribution in [2.75, 3.05) is 31.1 Å². The number of carbonyl (C=O) groups is 1. The first-order chi connectivity index (χ1) is 14.2. The molecule has 1 aromatic carbocycles. The van der Waals surface area contributed by atoms with Crippen molar-refractivity contribution in [3.8, 4) is 11.6 Å². The van der Waals surface area contributed by atoms with E-state index in [2.05, 4.69) is 55.4 Å². The van der Waals surface area contributed by atoms with E-state index in [9.17, 15) is 4.79 Å². The van der Waals surface area contributed by atoms with Crippen molar-refractivity contribution in [3.63, 3.8) is 0 Å². The topological polar surface area (TPSA) is 100 Å². The van der Waals surface area contributed by atoms with Gasteiger partial charge in [-0.15, -0.1) is 0 Å². The zero-order chi connectivity index (χ0) is 20.1. The largest absolute Gasteiger partial charge is 0.369 e. The Morgan fingerprint density at radius 3 is 2.72 bits per heavy atom. The fraction of sp³-hybridized carbons (Fsp3) is 0.350. The first kappa shape index (κ1) is 18.9. The summed E-state index contributed by atoms with van der Waals surface area (Å²) in [6.07, 6.45) is 4.14. The molecule has 9 heteroatoms. The lowest BCUT2D eigenvalue weighted by molar-refractivity contribution is 0.199. The molecule has 0 radical (unpaired) electrons. The van der Waals surface area contributed by atoms with E-state index in [1.165, 1.54) is 11.3 Å². The van der Waals surface area contributed by atoms with Crippen LogP contribution in [0.2, 0.25) is 0 Å². The minimum atomic E-state index is -0.132. The number of hydrogen-bond acceptors (Lipinski definition) is 7. The summed E-state index contributed by atoms with van der Waals surface area (Å²) in [6.45, 7) is 5.38. The molecule has 0 unspecified atom stereocenters. The van der Waals surface area contributed by atoms with Crippen LogP contribution < -0.4 is 10.2 Å². The summed E-state index contributed by atoms with van der Waals surface area (Å²) < 4.78 is 5.19. The number of nitrogens with zero attached hydrogens (tertiary/aromatic N) is 6. The van der Waals surface area contributed by atoms with Crippen LogP contribution in [0.5, 0.6) is 0 Å². The zero-order valence-corrected chi connectivity index (χ0v) is 16.3. The molecule has 9 nitrogen and oxygen atoms in total. The molecule has 2 aromatic heterocycles. The van der Waals surface area contributed by atoms with Gasteiger partial charge in [0, 0.05) is 44.3 Å². The van der Waals surface area contributed by atoms with Crippen molar-refractivity contribution >= 4 is 11.7 Å². The number of carbonyl (C=O) groups excluding carboxylic acids is 1. The molecule has 1 aliphatic heterocycles. The number of hydrogen-bond donors (Lipinski definition) is 1. The monoisotopic (exact) mass is 393 g/mol. The van der Waals surface area contributed by atoms with E-state index in [1.54, 1.807) is 18.5 Å². The van der Waals surface area contributed by atoms with E-state index >= 15 is 0 Å². The maximum atomic E-state index is 12.6. The SMILES string of the molecule is Cc1ccccc1N1CCCN(C(=O)NCc2nc(-c3ncccn3)no2)CC1. The second kappa shape index (κ2) is 8.68. The number of amides is 2. The van der Waals surface area contributed by atoms with Crippen molar-refractivity contribution in [2.24, 2.45) is 0 Å². The molecule has 3 aromatic rings. The van der Waals surface area contributed by atoms with Gasteiger partial charge >= 0.3 is 6.03 Å². The van der Waals surface area contributed by atoms with Crippen molar-refractivity contribution in [2.45, 2.75) is 19.9 Å². The van der Waals surface area contributed by atoms with Crippen LogP contribution in [0.25, 0.3) is 11.6 Å². The molecular formula is C20H23N7O2. The van der Waals surface area contributed by atoms with Crippen molar-refractivity contribution in [1.82, 2.24) is 30.3 Å². The highest BCUT2D eigenvalue weighted by molar-refractivity contribution is 5.74. The Morgan fingerprint density at radius 2 is 1.90 bits per heavy atom. The normalized spacial score (nSPS) is 14.5. The summed E-state index contributed by atoms with van der Waals surface area (Å²) in [4.78, 5) is 29.2. The van der Waals surface area contributed by atoms with Gasteiger partial charge in [0.05, 0.1) is 6.54 Å². The third-order valence-electron chi connectivity index (χ3n) is 4.86. The number of nitrogens with one attached hydrogen (secondary N) is 1. The van der Waals surface area contributed by atoms with E-state index in [4.69, 9.17) is 4.52 Å². The summed E-state index contributed by atoms with van der Waals surface area (Å²) in [5.74, 6) is 1.01. The highest BCUT2D eigenvalue weighted by Gasteiger charge is 2.20. The molecule has 0 atom stereocenters. The molecule has 3 heterocycles. The molecule has 1 N–H and O–H groups in total. The molecule has 1 fully saturated rings. The fourth-order valence-electron chi connectivity index (χ4n) is 3.37. The van der Waals surface area contributed by atoms with Gasteiger partial charge in [-0.1, -0.05) is 23.4 Å². The number of urea groups is 1. The van der Waals surface area contributed by atoms with Gasteiger partial charge in [0.15, 0.2) is 0 Å². The average Bonchev–Trinajstić information content (AvgIpc) is 3.10. The quantitative estimate of drug-likeness (QED) is 0.725. The van der Waals surface area contributed by atoms with Crippen LogP contribution >= 0.6 is 0 Å². The fourth-order valence-corrected chi connectivity index (χ4v) is 3.37. The van der Waals surface area contributed by atoms with Gasteiger partial charge in [-0.05, 0) is 31.0 Å². The number of para-hydroxylation sites is 1. The average molecular weight is 393 g/mol. The van der Waals surface area contributed by atoms with Crippen LogP contribution in [0.3, 0.4) is 0 Å². The molecule has 0 aliphatic carbocycles. The molecule has 2 amide bonds. The van der Waals surface area contributed by atoms with Gasteiger partial charge in [0.25, 0.3) is 0 Å². The van der Waals surface area contributed by atoms with Crippen LogP contribution in [-0.4, -0.2) is 57.2 Å². The Labute approximate surface area is 168 Å². The van der Waals surface area contributed by atoms with Crippen molar-refractivity contribution < 1.29 is 9.32 Å². The molecule has 150 valence electrons. The smallest absolute Gasteiger partial charge is 0.317 e. The van der Waals surface area contributed by atoms with Crippen LogP contribution in [0.1, 0.15) is 17.9 Å². The molecule has 1 aliphatic rings. The van der Waals surface area contributed by atoms with Gasteiger partial charge in [-0.2, -0.15) is 4.98 Å². The van der Waals surface area contributed by atoms with Crippen LogP contribution in [0, 0.1) is 6.92 Å². The van der Waals surface area contributed by atoms with Crippen LogP contribution in [0.15, 0.2) is 47.2 Å². The standard InChI is InChI=1S/C20H23N7O2/c1-15-6-2-3-7-16(15)26-10-5-11-27(13-12-26)20(28)23-14-17-24-19(25-29-17)18-21-8-4-9-22-18/h2-4,6-9H,5,10-14H2,1H3,(H,23,28). The van der Waals surface area contributed by atoms with Crippen molar-refractivity contribution in [3.05, 3.63) is 54.2 Å². The van der Waals surface area contributed by atoms with Gasteiger partial charge in [-0.3, -0.25) is 0 Å². The molecule has 0 bridgehead atoms. The second-order valence-electron chi connectivity index (χ2n) is 6.86. The van der Waals surface area contributed by atoms with Gasteiger partial charge in [0.1, 0.15) is 0 Å². The zero-order valence-electron chi connectivity index (χ0n) is 16.3. The van der Waals surface area contributed by atoms with Gasteiger partial charge in [0.2, 0.25) is 17.5 Å². The Bertz CT molecular complexity index is 960. The lowest BCUT2D eigenvalue weighted by Gasteiger charge is -2.25. The van der Waals surface area contributed by atoms with Crippen molar-refractivity contribution in [1.29, 1.82) is 0 Å². The molecule has 0 saturated carbocycles. The minimum Gasteiger partial charge on any atom is -0.369 e. The third-order valence-corrected chi connectivity index (χ3v) is 4.86. The molecule has 1 saturated heterocycles. The third kappa shape index (κ3) is 4.50. The van der Waals surface area contributed by atoms with E-state index in [-0.39, 0.29) is 12.6 Å². The van der Waals surface area contributed by atoms with E-state index in [0.717, 1.165) is 19.5 Å². The Balaban J connectivity index is 1.31. The van der Waals surface area contributed by atoms with Crippen LogP contribution in [-0.2, 0) is 6.54 Å². The maximum absolute atomic E-state index is 12.6. The van der Waals surface area contributed by atoms with E-state index < -0.39 is 0 Å². The number of aromatic nitrogens is 4. The first-order valence-corrected chi connectivity index (χ1v) is 9.64.